The number of benzene rings is 2. The van der Waals surface area contributed by atoms with Crippen LogP contribution in [0, 0.1) is 5.82 Å². The maximum Gasteiger partial charge on any atom is 0.258 e. The van der Waals surface area contributed by atoms with E-state index in [0.29, 0.717) is 5.69 Å². The lowest BCUT2D eigenvalue weighted by Gasteiger charge is -2.06. The fourth-order valence-electron chi connectivity index (χ4n) is 1.56. The Morgan fingerprint density at radius 3 is 2.47 bits per heavy atom. The Bertz CT molecular complexity index is 643. The van der Waals surface area contributed by atoms with Crippen LogP contribution in [-0.2, 0) is 0 Å². The molecule has 0 aliphatic carbocycles. The van der Waals surface area contributed by atoms with Crippen LogP contribution in [-0.4, -0.2) is 11.1 Å². The molecule has 0 bridgehead atoms. The first-order valence-corrected chi connectivity index (χ1v) is 5.81. The molecule has 1 amide bonds. The van der Waals surface area contributed by atoms with Crippen LogP contribution < -0.4 is 5.32 Å². The van der Waals surface area contributed by atoms with Gasteiger partial charge in [-0.2, -0.15) is 0 Å². The van der Waals surface area contributed by atoms with E-state index in [2.05, 4.69) is 5.32 Å². The van der Waals surface area contributed by atoms with E-state index in [0.717, 1.165) is 0 Å². The van der Waals surface area contributed by atoms with Crippen molar-refractivity contribution in [1.29, 1.82) is 0 Å². The normalized spacial score (nSPS) is 10.0. The van der Waals surface area contributed by atoms with Gasteiger partial charge >= 0.3 is 0 Å². The first-order chi connectivity index (χ1) is 9.08. The van der Waals surface area contributed by atoms with Crippen molar-refractivity contribution < 1.29 is 14.0 Å². The Morgan fingerprint density at radius 2 is 1.79 bits per heavy atom. The molecular weight excluding hydrogens is 269 g/mol. The van der Waals surface area contributed by atoms with E-state index in [1.54, 1.807) is 18.2 Å². The van der Waals surface area contributed by atoms with Gasteiger partial charge in [0.25, 0.3) is 11.1 Å². The lowest BCUT2D eigenvalue weighted by molar-refractivity contribution is 0.102. The van der Waals surface area contributed by atoms with Gasteiger partial charge < -0.3 is 5.32 Å². The number of hydrogen-bond donors (Lipinski definition) is 1. The predicted octanol–water partition coefficient (Wildman–Crippen LogP) is 3.46. The smallest absolute Gasteiger partial charge is 0.258 e. The van der Waals surface area contributed by atoms with E-state index >= 15 is 0 Å². The van der Waals surface area contributed by atoms with Crippen molar-refractivity contribution in [2.75, 3.05) is 5.32 Å². The molecule has 0 atom stereocenters. The topological polar surface area (TPSA) is 46.2 Å². The van der Waals surface area contributed by atoms with Gasteiger partial charge in [0.05, 0.1) is 5.56 Å². The molecule has 0 spiro atoms. The zero-order valence-electron chi connectivity index (χ0n) is 9.69. The Balaban J connectivity index is 2.22. The summed E-state index contributed by atoms with van der Waals surface area (Å²) in [6.07, 6.45) is 0. The zero-order chi connectivity index (χ0) is 13.8. The Hall–Kier alpha value is -2.20. The summed E-state index contributed by atoms with van der Waals surface area (Å²) in [7, 11) is 0. The molecule has 19 heavy (non-hydrogen) atoms. The summed E-state index contributed by atoms with van der Waals surface area (Å²) in [5.41, 5.74) is 0.567. The van der Waals surface area contributed by atoms with Crippen molar-refractivity contribution in [3.63, 3.8) is 0 Å². The highest BCUT2D eigenvalue weighted by Gasteiger charge is 2.11. The van der Waals surface area contributed by atoms with E-state index in [-0.39, 0.29) is 11.1 Å². The van der Waals surface area contributed by atoms with E-state index in [1.807, 2.05) is 0 Å². The third-order valence-corrected chi connectivity index (χ3v) is 2.68. The summed E-state index contributed by atoms with van der Waals surface area (Å²) < 4.78 is 13.4. The van der Waals surface area contributed by atoms with Crippen LogP contribution in [0.2, 0.25) is 0 Å². The molecule has 0 aliphatic heterocycles. The lowest BCUT2D eigenvalue weighted by Crippen LogP contribution is -2.13. The molecule has 5 heteroatoms. The summed E-state index contributed by atoms with van der Waals surface area (Å²) in [6, 6.07) is 11.8. The average Bonchev–Trinajstić information content (AvgIpc) is 2.39. The zero-order valence-corrected chi connectivity index (χ0v) is 10.4. The average molecular weight is 278 g/mol. The first kappa shape index (κ1) is 13.2. The van der Waals surface area contributed by atoms with Gasteiger partial charge in [0.2, 0.25) is 0 Å². The SMILES string of the molecule is O=C(Cl)c1cccc(NC(=O)c2ccccc2F)c1. The van der Waals surface area contributed by atoms with Crippen LogP contribution in [0.1, 0.15) is 20.7 Å². The number of hydrogen-bond acceptors (Lipinski definition) is 2. The third-order valence-electron chi connectivity index (χ3n) is 2.47. The predicted molar refractivity (Wildman–Crippen MR) is 71.0 cm³/mol. The maximum atomic E-state index is 13.4. The second-order valence-corrected chi connectivity index (χ2v) is 4.13. The van der Waals surface area contributed by atoms with Gasteiger partial charge in [0.15, 0.2) is 0 Å². The number of nitrogens with one attached hydrogen (secondary N) is 1. The molecule has 2 rings (SSSR count). The number of rotatable bonds is 3. The van der Waals surface area contributed by atoms with E-state index < -0.39 is 17.0 Å². The van der Waals surface area contributed by atoms with Crippen LogP contribution in [0.3, 0.4) is 0 Å². The van der Waals surface area contributed by atoms with E-state index in [9.17, 15) is 14.0 Å². The summed E-state index contributed by atoms with van der Waals surface area (Å²) in [5, 5.41) is 1.88. The molecule has 2 aromatic rings. The molecule has 0 aromatic heterocycles. The first-order valence-electron chi connectivity index (χ1n) is 5.43. The molecule has 0 heterocycles. The molecule has 0 saturated heterocycles. The highest BCUT2D eigenvalue weighted by Crippen LogP contribution is 2.15. The molecule has 0 radical (unpaired) electrons. The largest absolute Gasteiger partial charge is 0.322 e. The van der Waals surface area contributed by atoms with Crippen LogP contribution >= 0.6 is 11.6 Å². The second kappa shape index (κ2) is 5.63. The molecule has 2 aromatic carbocycles. The maximum absolute atomic E-state index is 13.4. The van der Waals surface area contributed by atoms with Crippen molar-refractivity contribution in [3.05, 3.63) is 65.5 Å². The van der Waals surface area contributed by atoms with Crippen LogP contribution in [0.25, 0.3) is 0 Å². The molecule has 0 unspecified atom stereocenters. The minimum atomic E-state index is -0.623. The highest BCUT2D eigenvalue weighted by molar-refractivity contribution is 6.67. The van der Waals surface area contributed by atoms with Crippen molar-refractivity contribution in [2.24, 2.45) is 0 Å². The molecular formula is C14H9ClFNO2. The van der Waals surface area contributed by atoms with Gasteiger partial charge in [-0.05, 0) is 41.9 Å². The van der Waals surface area contributed by atoms with Gasteiger partial charge in [-0.15, -0.1) is 0 Å². The van der Waals surface area contributed by atoms with E-state index in [1.165, 1.54) is 30.3 Å². The van der Waals surface area contributed by atoms with Crippen molar-refractivity contribution in [2.45, 2.75) is 0 Å². The summed E-state index contributed by atoms with van der Waals surface area (Å²) >= 11 is 5.34. The fraction of sp³-hybridized carbons (Fsp3) is 0. The van der Waals surface area contributed by atoms with Gasteiger partial charge in [-0.25, -0.2) is 4.39 Å². The molecule has 0 fully saturated rings. The molecule has 0 saturated carbocycles. The van der Waals surface area contributed by atoms with Gasteiger partial charge in [-0.3, -0.25) is 9.59 Å². The number of carbonyl (C=O) groups is 2. The molecule has 3 nitrogen and oxygen atoms in total. The Kier molecular flexibility index (Phi) is 3.92. The number of carbonyl (C=O) groups excluding carboxylic acids is 2. The summed E-state index contributed by atoms with van der Waals surface area (Å²) in [4.78, 5) is 22.8. The van der Waals surface area contributed by atoms with Crippen molar-refractivity contribution >= 4 is 28.4 Å². The molecule has 96 valence electrons. The van der Waals surface area contributed by atoms with Crippen LogP contribution in [0.4, 0.5) is 10.1 Å². The number of anilines is 1. The van der Waals surface area contributed by atoms with Crippen molar-refractivity contribution in [3.8, 4) is 0 Å². The Labute approximate surface area is 114 Å². The number of halogens is 2. The van der Waals surface area contributed by atoms with Crippen molar-refractivity contribution in [1.82, 2.24) is 0 Å². The van der Waals surface area contributed by atoms with Crippen LogP contribution in [0.5, 0.6) is 0 Å². The highest BCUT2D eigenvalue weighted by atomic mass is 35.5. The van der Waals surface area contributed by atoms with Gasteiger partial charge in [-0.1, -0.05) is 18.2 Å². The molecule has 0 aliphatic rings. The fourth-order valence-corrected chi connectivity index (χ4v) is 1.68. The van der Waals surface area contributed by atoms with E-state index in [4.69, 9.17) is 11.6 Å². The third kappa shape index (κ3) is 3.17. The minimum absolute atomic E-state index is 0.0647. The monoisotopic (exact) mass is 277 g/mol. The second-order valence-electron chi connectivity index (χ2n) is 3.79. The molecule has 1 N–H and O–H groups in total. The quantitative estimate of drug-likeness (QED) is 0.874. The van der Waals surface area contributed by atoms with Gasteiger partial charge in [0.1, 0.15) is 5.82 Å². The standard InChI is InChI=1S/C14H9ClFNO2/c15-13(18)9-4-3-5-10(8-9)17-14(19)11-6-1-2-7-12(11)16/h1-8H,(H,17,19). The Morgan fingerprint density at radius 1 is 1.05 bits per heavy atom. The lowest BCUT2D eigenvalue weighted by atomic mass is 10.1. The minimum Gasteiger partial charge on any atom is -0.322 e. The number of amides is 1. The van der Waals surface area contributed by atoms with Gasteiger partial charge in [0, 0.05) is 11.3 Å². The summed E-state index contributed by atoms with van der Waals surface area (Å²) in [6.45, 7) is 0. The van der Waals surface area contributed by atoms with Crippen LogP contribution in [0.15, 0.2) is 48.5 Å². The summed E-state index contributed by atoms with van der Waals surface area (Å²) in [5.74, 6) is -1.19.